The van der Waals surface area contributed by atoms with Crippen molar-refractivity contribution in [1.29, 1.82) is 0 Å². The van der Waals surface area contributed by atoms with Crippen LogP contribution in [-0.4, -0.2) is 65.0 Å². The van der Waals surface area contributed by atoms with Crippen molar-refractivity contribution in [3.63, 3.8) is 0 Å². The van der Waals surface area contributed by atoms with Gasteiger partial charge in [-0.05, 0) is 48.4 Å². The molecule has 0 aliphatic carbocycles. The van der Waals surface area contributed by atoms with Crippen LogP contribution in [-0.2, 0) is 33.0 Å². The van der Waals surface area contributed by atoms with Crippen LogP contribution in [0.15, 0.2) is 48.5 Å². The summed E-state index contributed by atoms with van der Waals surface area (Å²) in [6, 6.07) is 15.1. The molecule has 2 fully saturated rings. The summed E-state index contributed by atoms with van der Waals surface area (Å²) < 4.78 is 4.98. The molecule has 3 aliphatic rings. The van der Waals surface area contributed by atoms with Gasteiger partial charge in [0.05, 0.1) is 13.2 Å². The highest BCUT2D eigenvalue weighted by Gasteiger charge is 2.41. The zero-order valence-corrected chi connectivity index (χ0v) is 21.9. The number of hydrogen-bond donors (Lipinski definition) is 2. The van der Waals surface area contributed by atoms with Crippen LogP contribution >= 0.6 is 0 Å². The molecule has 8 nitrogen and oxygen atoms in total. The Morgan fingerprint density at radius 1 is 1.19 bits per heavy atom. The van der Waals surface area contributed by atoms with Gasteiger partial charge in [-0.1, -0.05) is 56.3 Å². The first-order valence-corrected chi connectivity index (χ1v) is 13.0. The van der Waals surface area contributed by atoms with Crippen molar-refractivity contribution in [3.8, 4) is 0 Å². The van der Waals surface area contributed by atoms with E-state index >= 15 is 0 Å². The molecular formula is C29H37N3O5. The van der Waals surface area contributed by atoms with Crippen molar-refractivity contribution in [1.82, 2.24) is 15.1 Å². The molecule has 3 amide bonds. The molecule has 2 unspecified atom stereocenters. The normalized spacial score (nSPS) is 20.6. The van der Waals surface area contributed by atoms with Crippen molar-refractivity contribution in [2.45, 2.75) is 64.4 Å². The second-order valence-corrected chi connectivity index (χ2v) is 10.5. The highest BCUT2D eigenvalue weighted by molar-refractivity contribution is 6.01. The lowest BCUT2D eigenvalue weighted by molar-refractivity contribution is -0.184. The van der Waals surface area contributed by atoms with Gasteiger partial charge < -0.3 is 25.0 Å². The van der Waals surface area contributed by atoms with E-state index in [1.54, 1.807) is 4.90 Å². The van der Waals surface area contributed by atoms with E-state index in [9.17, 15) is 19.5 Å². The molecule has 2 aromatic rings. The lowest BCUT2D eigenvalue weighted by Crippen LogP contribution is -2.52. The Kier molecular flexibility index (Phi) is 8.29. The maximum atomic E-state index is 13.0. The first-order chi connectivity index (χ1) is 17.7. The third-order valence-electron chi connectivity index (χ3n) is 7.47. The van der Waals surface area contributed by atoms with Crippen molar-refractivity contribution in [2.24, 2.45) is 5.92 Å². The van der Waals surface area contributed by atoms with E-state index in [2.05, 4.69) is 12.2 Å². The largest absolute Gasteiger partial charge is 0.380 e. The van der Waals surface area contributed by atoms with Crippen LogP contribution in [0.3, 0.4) is 0 Å². The fourth-order valence-electron chi connectivity index (χ4n) is 5.26. The smallest absolute Gasteiger partial charge is 0.255 e. The average molecular weight is 508 g/mol. The van der Waals surface area contributed by atoms with E-state index in [4.69, 9.17) is 4.74 Å². The van der Waals surface area contributed by atoms with E-state index < -0.39 is 5.60 Å². The summed E-state index contributed by atoms with van der Waals surface area (Å²) in [6.07, 6.45) is 2.79. The molecule has 198 valence electrons. The molecule has 8 heteroatoms. The molecule has 0 aromatic heterocycles. The van der Waals surface area contributed by atoms with Gasteiger partial charge in [-0.15, -0.1) is 0 Å². The summed E-state index contributed by atoms with van der Waals surface area (Å²) in [7, 11) is 0. The van der Waals surface area contributed by atoms with Crippen LogP contribution in [0.2, 0.25) is 0 Å². The number of ether oxygens (including phenoxy) is 1. The third kappa shape index (κ3) is 5.70. The Balaban J connectivity index is 0.000000186. The van der Waals surface area contributed by atoms with Gasteiger partial charge in [0.15, 0.2) is 0 Å². The minimum atomic E-state index is -0.809. The van der Waals surface area contributed by atoms with Gasteiger partial charge in [-0.3, -0.25) is 14.4 Å². The van der Waals surface area contributed by atoms with Crippen molar-refractivity contribution in [2.75, 3.05) is 19.8 Å². The molecule has 0 saturated carbocycles. The van der Waals surface area contributed by atoms with E-state index in [0.717, 1.165) is 41.6 Å². The number of aliphatic hydroxyl groups is 1. The van der Waals surface area contributed by atoms with Crippen molar-refractivity contribution >= 4 is 18.2 Å². The van der Waals surface area contributed by atoms with Crippen LogP contribution < -0.4 is 5.32 Å². The summed E-state index contributed by atoms with van der Waals surface area (Å²) >= 11 is 0. The summed E-state index contributed by atoms with van der Waals surface area (Å²) in [4.78, 5) is 39.5. The zero-order chi connectivity index (χ0) is 26.6. The summed E-state index contributed by atoms with van der Waals surface area (Å²) in [5.74, 6) is 0.217. The first kappa shape index (κ1) is 26.8. The fraction of sp³-hybridized carbons (Fsp3) is 0.483. The molecule has 2 atom stereocenters. The Morgan fingerprint density at radius 3 is 2.43 bits per heavy atom. The predicted molar refractivity (Wildman–Crippen MR) is 139 cm³/mol. The fourth-order valence-corrected chi connectivity index (χ4v) is 5.26. The quantitative estimate of drug-likeness (QED) is 0.562. The zero-order valence-electron chi connectivity index (χ0n) is 21.9. The number of carbonyl (C=O) groups is 3. The molecule has 2 N–H and O–H groups in total. The molecule has 3 aliphatic heterocycles. The van der Waals surface area contributed by atoms with Gasteiger partial charge in [-0.25, -0.2) is 0 Å². The Hall–Kier alpha value is -3.23. The number of hydrogen-bond acceptors (Lipinski definition) is 5. The number of nitrogens with zero attached hydrogens (tertiary/aromatic N) is 2. The van der Waals surface area contributed by atoms with E-state index in [-0.39, 0.29) is 29.8 Å². The van der Waals surface area contributed by atoms with Gasteiger partial charge >= 0.3 is 0 Å². The number of carbonyl (C=O) groups excluding carboxylic acids is 3. The SMILES string of the molecule is CC(C)C(C(=O)N1CCCC1C)N1Cc2ccccc2C1=O.O=CNCc1ccc(C2(O)COC2)cc1. The second-order valence-electron chi connectivity index (χ2n) is 10.5. The van der Waals surface area contributed by atoms with Gasteiger partial charge in [-0.2, -0.15) is 0 Å². The van der Waals surface area contributed by atoms with Crippen LogP contribution in [0.1, 0.15) is 60.7 Å². The summed E-state index contributed by atoms with van der Waals surface area (Å²) in [5.41, 5.74) is 2.84. The van der Waals surface area contributed by atoms with Gasteiger partial charge in [0, 0.05) is 31.2 Å². The lowest BCUT2D eigenvalue weighted by Gasteiger charge is -2.36. The molecular weight excluding hydrogens is 470 g/mol. The maximum absolute atomic E-state index is 13.0. The molecule has 3 heterocycles. The van der Waals surface area contributed by atoms with Crippen LogP contribution in [0.5, 0.6) is 0 Å². The van der Waals surface area contributed by atoms with E-state index in [1.165, 1.54) is 0 Å². The molecule has 0 bridgehead atoms. The Bertz CT molecular complexity index is 1110. The predicted octanol–water partition coefficient (Wildman–Crippen LogP) is 2.83. The highest BCUT2D eigenvalue weighted by Crippen LogP contribution is 2.30. The Labute approximate surface area is 218 Å². The van der Waals surface area contributed by atoms with Gasteiger partial charge in [0.1, 0.15) is 11.6 Å². The molecule has 2 aromatic carbocycles. The Morgan fingerprint density at radius 2 is 1.89 bits per heavy atom. The molecule has 2 saturated heterocycles. The molecule has 0 radical (unpaired) electrons. The van der Waals surface area contributed by atoms with Crippen LogP contribution in [0.4, 0.5) is 0 Å². The third-order valence-corrected chi connectivity index (χ3v) is 7.47. The average Bonchev–Trinajstić information content (AvgIpc) is 3.45. The monoisotopic (exact) mass is 507 g/mol. The van der Waals surface area contributed by atoms with E-state index in [0.29, 0.717) is 32.7 Å². The van der Waals surface area contributed by atoms with Gasteiger partial charge in [0.25, 0.3) is 5.91 Å². The molecule has 37 heavy (non-hydrogen) atoms. The van der Waals surface area contributed by atoms with Gasteiger partial charge in [0.2, 0.25) is 12.3 Å². The minimum Gasteiger partial charge on any atom is -0.380 e. The summed E-state index contributed by atoms with van der Waals surface area (Å²) in [5, 5.41) is 12.5. The second kappa shape index (κ2) is 11.4. The standard InChI is InChI=1S/C18H24N2O2.C11H13NO3/c1-12(2)16(18(22)19-10-6-7-13(19)3)20-11-14-8-4-5-9-15(14)17(20)21;13-8-12-5-9-1-3-10(4-2-9)11(14)6-15-7-11/h4-5,8-9,12-13,16H,6-7,10-11H2,1-3H3;1-4,8,14H,5-7H2,(H,12,13). The van der Waals surface area contributed by atoms with Crippen molar-refractivity contribution in [3.05, 3.63) is 70.8 Å². The highest BCUT2D eigenvalue weighted by atomic mass is 16.5. The number of amides is 3. The number of benzene rings is 2. The minimum absolute atomic E-state index is 0.00509. The first-order valence-electron chi connectivity index (χ1n) is 13.0. The topological polar surface area (TPSA) is 99.2 Å². The van der Waals surface area contributed by atoms with Crippen LogP contribution in [0, 0.1) is 5.92 Å². The molecule has 5 rings (SSSR count). The lowest BCUT2D eigenvalue weighted by atomic mass is 9.91. The summed E-state index contributed by atoms with van der Waals surface area (Å²) in [6.45, 7) is 8.75. The van der Waals surface area contributed by atoms with Crippen LogP contribution in [0.25, 0.3) is 0 Å². The number of likely N-dealkylation sites (tertiary alicyclic amines) is 1. The number of nitrogens with one attached hydrogen (secondary N) is 1. The number of rotatable bonds is 7. The number of fused-ring (bicyclic) bond motifs is 1. The maximum Gasteiger partial charge on any atom is 0.255 e. The van der Waals surface area contributed by atoms with E-state index in [1.807, 2.05) is 67.3 Å². The van der Waals surface area contributed by atoms with Crippen molar-refractivity contribution < 1.29 is 24.2 Å². The molecule has 0 spiro atoms.